The minimum atomic E-state index is -0.179. The number of benzene rings is 1. The maximum absolute atomic E-state index is 13.1. The van der Waals surface area contributed by atoms with Crippen LogP contribution in [0.2, 0.25) is 0 Å². The maximum Gasteiger partial charge on any atom is 0.289 e. The number of carbonyl (C=O) groups is 2. The fourth-order valence-electron chi connectivity index (χ4n) is 5.87. The molecule has 2 aromatic rings. The van der Waals surface area contributed by atoms with Crippen LogP contribution in [0.5, 0.6) is 5.75 Å². The van der Waals surface area contributed by atoms with Crippen LogP contribution >= 0.6 is 0 Å². The van der Waals surface area contributed by atoms with Crippen molar-refractivity contribution in [3.05, 3.63) is 30.0 Å². The van der Waals surface area contributed by atoms with Crippen LogP contribution in [0.4, 0.5) is 0 Å². The first-order chi connectivity index (χ1) is 14.9. The molecule has 2 atom stereocenters. The predicted molar refractivity (Wildman–Crippen MR) is 117 cm³/mol. The third kappa shape index (κ3) is 3.39. The lowest BCUT2D eigenvalue weighted by atomic mass is 9.75. The molecule has 3 saturated heterocycles. The number of nitrogens with zero attached hydrogens (tertiary/aromatic N) is 2. The number of para-hydroxylation sites is 1. The normalized spacial score (nSPS) is 25.4. The summed E-state index contributed by atoms with van der Waals surface area (Å²) in [7, 11) is 1.59. The van der Waals surface area contributed by atoms with Crippen LogP contribution in [0.3, 0.4) is 0 Å². The Morgan fingerprint density at radius 2 is 2.06 bits per heavy atom. The Kier molecular flexibility index (Phi) is 4.96. The van der Waals surface area contributed by atoms with Gasteiger partial charge in [-0.05, 0) is 30.9 Å². The van der Waals surface area contributed by atoms with E-state index in [-0.39, 0.29) is 23.3 Å². The molecule has 2 amide bonds. The quantitative estimate of drug-likeness (QED) is 0.815. The first-order valence-electron chi connectivity index (χ1n) is 11.3. The lowest BCUT2D eigenvalue weighted by molar-refractivity contribution is -0.123. The number of ether oxygens (including phenoxy) is 1. The Morgan fingerprint density at radius 3 is 2.77 bits per heavy atom. The molecule has 31 heavy (non-hydrogen) atoms. The molecule has 3 fully saturated rings. The van der Waals surface area contributed by atoms with Crippen molar-refractivity contribution in [1.29, 1.82) is 0 Å². The molecule has 3 aliphatic heterocycles. The summed E-state index contributed by atoms with van der Waals surface area (Å²) in [5.41, 5.74) is 0.422. The van der Waals surface area contributed by atoms with Gasteiger partial charge < -0.3 is 24.3 Å². The average molecular weight is 426 g/mol. The highest BCUT2D eigenvalue weighted by atomic mass is 16.5. The molecule has 1 spiro atoms. The Bertz CT molecular complexity index is 1010. The molecule has 7 heteroatoms. The smallest absolute Gasteiger partial charge is 0.289 e. The third-order valence-corrected chi connectivity index (χ3v) is 7.32. The van der Waals surface area contributed by atoms with Gasteiger partial charge in [0.2, 0.25) is 5.91 Å². The van der Waals surface area contributed by atoms with Crippen molar-refractivity contribution in [2.45, 2.75) is 32.2 Å². The Balaban J connectivity index is 1.29. The van der Waals surface area contributed by atoms with E-state index in [1.807, 2.05) is 23.1 Å². The van der Waals surface area contributed by atoms with E-state index in [1.165, 1.54) is 0 Å². The first-order valence-corrected chi connectivity index (χ1v) is 11.3. The Labute approximate surface area is 182 Å². The zero-order valence-electron chi connectivity index (χ0n) is 18.5. The van der Waals surface area contributed by atoms with Gasteiger partial charge in [-0.25, -0.2) is 0 Å². The number of methoxy groups -OCH3 is 1. The molecule has 1 aromatic carbocycles. The number of amides is 2. The third-order valence-electron chi connectivity index (χ3n) is 7.32. The second-order valence-corrected chi connectivity index (χ2v) is 9.75. The summed E-state index contributed by atoms with van der Waals surface area (Å²) < 4.78 is 11.2. The molecule has 0 aliphatic carbocycles. The standard InChI is InChI=1S/C24H31N3O4/c1-15(2)12-26-13-17-18(14-26)24(25-22(17)28)7-9-27(10-8-24)23(29)20-11-16-5-4-6-19(30-3)21(16)31-20/h4-6,11,15,17-18H,7-10,12-14H2,1-3H3,(H,25,28)/t17-,18+/m1/s1. The van der Waals surface area contributed by atoms with E-state index >= 15 is 0 Å². The van der Waals surface area contributed by atoms with Crippen molar-refractivity contribution in [1.82, 2.24) is 15.1 Å². The van der Waals surface area contributed by atoms with Crippen molar-refractivity contribution in [2.75, 3.05) is 39.8 Å². The fourth-order valence-corrected chi connectivity index (χ4v) is 5.87. The lowest BCUT2D eigenvalue weighted by Gasteiger charge is -2.42. The zero-order chi connectivity index (χ0) is 21.8. The van der Waals surface area contributed by atoms with Gasteiger partial charge in [0.15, 0.2) is 17.1 Å². The monoisotopic (exact) mass is 425 g/mol. The number of nitrogens with one attached hydrogen (secondary N) is 1. The van der Waals surface area contributed by atoms with Crippen molar-refractivity contribution in [3.8, 4) is 5.75 Å². The summed E-state index contributed by atoms with van der Waals surface area (Å²) in [6, 6.07) is 7.42. The highest BCUT2D eigenvalue weighted by molar-refractivity contribution is 5.97. The zero-order valence-corrected chi connectivity index (χ0v) is 18.5. The highest BCUT2D eigenvalue weighted by Crippen LogP contribution is 2.44. The molecule has 4 heterocycles. The van der Waals surface area contributed by atoms with Crippen molar-refractivity contribution in [2.24, 2.45) is 17.8 Å². The molecule has 7 nitrogen and oxygen atoms in total. The summed E-state index contributed by atoms with van der Waals surface area (Å²) in [5, 5.41) is 4.20. The largest absolute Gasteiger partial charge is 0.493 e. The number of likely N-dealkylation sites (tertiary alicyclic amines) is 2. The summed E-state index contributed by atoms with van der Waals surface area (Å²) in [5.74, 6) is 2.09. The minimum absolute atomic E-state index is 0.0869. The molecule has 0 saturated carbocycles. The molecule has 166 valence electrons. The van der Waals surface area contributed by atoms with Gasteiger partial charge in [0, 0.05) is 49.6 Å². The number of hydrogen-bond acceptors (Lipinski definition) is 5. The number of hydrogen-bond donors (Lipinski definition) is 1. The van der Waals surface area contributed by atoms with Gasteiger partial charge in [-0.2, -0.15) is 0 Å². The number of furan rings is 1. The van der Waals surface area contributed by atoms with Gasteiger partial charge >= 0.3 is 0 Å². The van der Waals surface area contributed by atoms with E-state index in [0.717, 1.165) is 37.9 Å². The van der Waals surface area contributed by atoms with E-state index in [4.69, 9.17) is 9.15 Å². The summed E-state index contributed by atoms with van der Waals surface area (Å²) in [4.78, 5) is 30.1. The summed E-state index contributed by atoms with van der Waals surface area (Å²) in [6.45, 7) is 8.57. The van der Waals surface area contributed by atoms with Crippen LogP contribution in [-0.4, -0.2) is 67.0 Å². The van der Waals surface area contributed by atoms with Crippen LogP contribution in [0.1, 0.15) is 37.2 Å². The predicted octanol–water partition coefficient (Wildman–Crippen LogP) is 2.75. The topological polar surface area (TPSA) is 75.0 Å². The lowest BCUT2D eigenvalue weighted by Crippen LogP contribution is -2.56. The second-order valence-electron chi connectivity index (χ2n) is 9.75. The second kappa shape index (κ2) is 7.55. The molecular formula is C24H31N3O4. The van der Waals surface area contributed by atoms with Gasteiger partial charge in [-0.3, -0.25) is 9.59 Å². The Hall–Kier alpha value is -2.54. The molecule has 0 unspecified atom stereocenters. The van der Waals surface area contributed by atoms with Gasteiger partial charge in [-0.15, -0.1) is 0 Å². The summed E-state index contributed by atoms with van der Waals surface area (Å²) >= 11 is 0. The van der Waals surface area contributed by atoms with Crippen molar-refractivity contribution in [3.63, 3.8) is 0 Å². The first kappa shape index (κ1) is 20.4. The van der Waals surface area contributed by atoms with E-state index in [0.29, 0.717) is 42.0 Å². The van der Waals surface area contributed by atoms with Crippen LogP contribution in [-0.2, 0) is 4.79 Å². The van der Waals surface area contributed by atoms with Gasteiger partial charge in [0.25, 0.3) is 5.91 Å². The molecule has 1 aromatic heterocycles. The fraction of sp³-hybridized carbons (Fsp3) is 0.583. The van der Waals surface area contributed by atoms with Crippen LogP contribution in [0, 0.1) is 17.8 Å². The maximum atomic E-state index is 13.1. The molecular weight excluding hydrogens is 394 g/mol. The van der Waals surface area contributed by atoms with Gasteiger partial charge in [0.1, 0.15) is 0 Å². The molecule has 0 bridgehead atoms. The SMILES string of the molecule is COc1cccc2cc(C(=O)N3CCC4(CC3)NC(=O)[C@@H]3CN(CC(C)C)C[C@@H]34)oc12. The molecule has 1 N–H and O–H groups in total. The molecule has 3 aliphatic rings. The number of carbonyl (C=O) groups excluding carboxylic acids is 2. The Morgan fingerprint density at radius 1 is 1.29 bits per heavy atom. The number of rotatable bonds is 4. The average Bonchev–Trinajstić information content (AvgIpc) is 3.42. The number of fused-ring (bicyclic) bond motifs is 3. The van der Waals surface area contributed by atoms with Crippen molar-refractivity contribution < 1.29 is 18.7 Å². The molecule has 5 rings (SSSR count). The van der Waals surface area contributed by atoms with Crippen LogP contribution < -0.4 is 10.1 Å². The summed E-state index contributed by atoms with van der Waals surface area (Å²) in [6.07, 6.45) is 1.59. The highest BCUT2D eigenvalue weighted by Gasteiger charge is 2.57. The van der Waals surface area contributed by atoms with E-state index in [9.17, 15) is 9.59 Å². The minimum Gasteiger partial charge on any atom is -0.493 e. The van der Waals surface area contributed by atoms with Crippen LogP contribution in [0.15, 0.2) is 28.7 Å². The van der Waals surface area contributed by atoms with E-state index in [2.05, 4.69) is 24.1 Å². The van der Waals surface area contributed by atoms with E-state index < -0.39 is 0 Å². The van der Waals surface area contributed by atoms with Crippen LogP contribution in [0.25, 0.3) is 11.0 Å². The van der Waals surface area contributed by atoms with E-state index in [1.54, 1.807) is 13.2 Å². The number of piperidine rings is 1. The van der Waals surface area contributed by atoms with Gasteiger partial charge in [-0.1, -0.05) is 26.0 Å². The van der Waals surface area contributed by atoms with Crippen molar-refractivity contribution >= 4 is 22.8 Å². The van der Waals surface area contributed by atoms with Gasteiger partial charge in [0.05, 0.1) is 13.0 Å². The molecule has 0 radical (unpaired) electrons.